The molecule has 2 rings (SSSR count). The number of thioether (sulfide) groups is 1. The number of aryl methyl sites for hydroxylation is 1. The molecule has 1 aromatic rings. The zero-order valence-electron chi connectivity index (χ0n) is 17.1. The Morgan fingerprint density at radius 3 is 2.44 bits per heavy atom. The molecule has 1 fully saturated rings. The zero-order chi connectivity index (χ0) is 19.8. The molecule has 5 heteroatoms. The second-order valence-corrected chi connectivity index (χ2v) is 8.67. The van der Waals surface area contributed by atoms with Gasteiger partial charge in [0.05, 0.1) is 12.0 Å². The third-order valence-corrected chi connectivity index (χ3v) is 6.45. The summed E-state index contributed by atoms with van der Waals surface area (Å²) in [4.78, 5) is 27.5. The highest BCUT2D eigenvalue weighted by Crippen LogP contribution is 2.35. The molecule has 1 amide bonds. The van der Waals surface area contributed by atoms with E-state index >= 15 is 0 Å². The summed E-state index contributed by atoms with van der Waals surface area (Å²) >= 11 is 1.67. The highest BCUT2D eigenvalue weighted by Gasteiger charge is 2.43. The van der Waals surface area contributed by atoms with Gasteiger partial charge in [0.25, 0.3) is 5.91 Å². The molecule has 4 nitrogen and oxygen atoms in total. The van der Waals surface area contributed by atoms with Crippen molar-refractivity contribution in [3.63, 3.8) is 0 Å². The first-order valence-electron chi connectivity index (χ1n) is 10.2. The van der Waals surface area contributed by atoms with E-state index in [1.165, 1.54) is 24.8 Å². The van der Waals surface area contributed by atoms with Crippen LogP contribution >= 0.6 is 11.8 Å². The molecular formula is C22H33NO3S. The smallest absolute Gasteiger partial charge is 0.329 e. The van der Waals surface area contributed by atoms with Crippen molar-refractivity contribution in [2.75, 3.05) is 12.4 Å². The predicted octanol–water partition coefficient (Wildman–Crippen LogP) is 4.91. The van der Waals surface area contributed by atoms with Crippen molar-refractivity contribution in [2.24, 2.45) is 5.92 Å². The lowest BCUT2D eigenvalue weighted by Gasteiger charge is -2.30. The van der Waals surface area contributed by atoms with Crippen LogP contribution in [0.1, 0.15) is 69.3 Å². The van der Waals surface area contributed by atoms with Crippen molar-refractivity contribution in [2.45, 2.75) is 71.2 Å². The number of nitrogens with zero attached hydrogens (tertiary/aromatic N) is 1. The molecule has 0 unspecified atom stereocenters. The number of esters is 1. The van der Waals surface area contributed by atoms with Gasteiger partial charge in [-0.1, -0.05) is 52.7 Å². The van der Waals surface area contributed by atoms with Crippen molar-refractivity contribution >= 4 is 23.6 Å². The van der Waals surface area contributed by atoms with Gasteiger partial charge in [0.1, 0.15) is 6.04 Å². The maximum Gasteiger partial charge on any atom is 0.329 e. The van der Waals surface area contributed by atoms with Crippen LogP contribution in [0, 0.1) is 5.92 Å². The summed E-state index contributed by atoms with van der Waals surface area (Å²) in [7, 11) is 0. The summed E-state index contributed by atoms with van der Waals surface area (Å²) in [5, 5.41) is 0.000840. The average Bonchev–Trinajstić information content (AvgIpc) is 3.12. The fraction of sp³-hybridized carbons (Fsp3) is 0.636. The van der Waals surface area contributed by atoms with E-state index in [9.17, 15) is 9.59 Å². The van der Waals surface area contributed by atoms with Crippen LogP contribution in [0.15, 0.2) is 24.3 Å². The Kier molecular flexibility index (Phi) is 8.68. The normalized spacial score (nSPS) is 19.5. The molecule has 0 aliphatic carbocycles. The van der Waals surface area contributed by atoms with Crippen LogP contribution in [-0.2, 0) is 16.0 Å². The van der Waals surface area contributed by atoms with Gasteiger partial charge in [-0.25, -0.2) is 4.79 Å². The highest BCUT2D eigenvalue weighted by atomic mass is 32.2. The van der Waals surface area contributed by atoms with E-state index in [4.69, 9.17) is 4.74 Å². The summed E-state index contributed by atoms with van der Waals surface area (Å²) in [5.41, 5.74) is 1.91. The Balaban J connectivity index is 2.14. The molecular weight excluding hydrogens is 358 g/mol. The van der Waals surface area contributed by atoms with Crippen LogP contribution in [0.3, 0.4) is 0 Å². The van der Waals surface area contributed by atoms with Gasteiger partial charge < -0.3 is 9.64 Å². The van der Waals surface area contributed by atoms with Crippen LogP contribution in [0.5, 0.6) is 0 Å². The van der Waals surface area contributed by atoms with Crippen LogP contribution in [0.4, 0.5) is 0 Å². The van der Waals surface area contributed by atoms with Gasteiger partial charge in [0.2, 0.25) is 0 Å². The number of carbonyl (C=O) groups is 2. The summed E-state index contributed by atoms with van der Waals surface area (Å²) < 4.78 is 5.35. The monoisotopic (exact) mass is 391 g/mol. The number of amides is 1. The zero-order valence-corrected chi connectivity index (χ0v) is 17.9. The maximum absolute atomic E-state index is 13.2. The molecule has 1 heterocycles. The van der Waals surface area contributed by atoms with Gasteiger partial charge in [0, 0.05) is 11.3 Å². The number of ether oxygens (including phenoxy) is 1. The first-order chi connectivity index (χ1) is 13.0. The molecule has 1 saturated heterocycles. The van der Waals surface area contributed by atoms with E-state index in [-0.39, 0.29) is 23.2 Å². The van der Waals surface area contributed by atoms with Gasteiger partial charge >= 0.3 is 5.97 Å². The second kappa shape index (κ2) is 10.7. The van der Waals surface area contributed by atoms with Gasteiger partial charge in [-0.2, -0.15) is 0 Å². The van der Waals surface area contributed by atoms with Crippen LogP contribution in [-0.4, -0.2) is 40.6 Å². The number of hydrogen-bond acceptors (Lipinski definition) is 4. The third kappa shape index (κ3) is 5.74. The van der Waals surface area contributed by atoms with Crippen molar-refractivity contribution < 1.29 is 14.3 Å². The third-order valence-electron chi connectivity index (χ3n) is 4.83. The molecule has 0 saturated carbocycles. The molecule has 0 spiro atoms. The van der Waals surface area contributed by atoms with E-state index in [0.29, 0.717) is 17.9 Å². The minimum absolute atomic E-state index is 0.000840. The first kappa shape index (κ1) is 21.8. The first-order valence-corrected chi connectivity index (χ1v) is 11.2. The van der Waals surface area contributed by atoms with Gasteiger partial charge in [-0.3, -0.25) is 4.79 Å². The fourth-order valence-electron chi connectivity index (χ4n) is 3.32. The molecule has 0 bridgehead atoms. The van der Waals surface area contributed by atoms with Gasteiger partial charge in [-0.15, -0.1) is 11.8 Å². The standard InChI is InChI=1S/C22H33NO3S/c1-5-7-8-9-17-10-12-18(13-11-17)20(24)23-19(22(25)26-14-6-2)15-27-21(23)16(3)4/h10-13,16,19,21H,5-9,14-15H2,1-4H3/t19-,21+/m0/s1. The van der Waals surface area contributed by atoms with Crippen molar-refractivity contribution in [3.8, 4) is 0 Å². The minimum Gasteiger partial charge on any atom is -0.464 e. The van der Waals surface area contributed by atoms with E-state index in [1.807, 2.05) is 31.2 Å². The van der Waals surface area contributed by atoms with E-state index in [2.05, 4.69) is 20.8 Å². The number of hydrogen-bond donors (Lipinski definition) is 0. The number of carbonyl (C=O) groups excluding carboxylic acids is 2. The number of rotatable bonds is 9. The average molecular weight is 392 g/mol. The van der Waals surface area contributed by atoms with Gasteiger partial charge in [0.15, 0.2) is 0 Å². The summed E-state index contributed by atoms with van der Waals surface area (Å²) in [6, 6.07) is 7.39. The second-order valence-electron chi connectivity index (χ2n) is 7.52. The summed E-state index contributed by atoms with van der Waals surface area (Å²) in [6.07, 6.45) is 5.43. The molecule has 27 heavy (non-hydrogen) atoms. The highest BCUT2D eigenvalue weighted by molar-refractivity contribution is 8.00. The summed E-state index contributed by atoms with van der Waals surface area (Å²) in [6.45, 7) is 8.76. The lowest BCUT2D eigenvalue weighted by Crippen LogP contribution is -2.47. The lowest BCUT2D eigenvalue weighted by molar-refractivity contribution is -0.148. The Morgan fingerprint density at radius 1 is 1.15 bits per heavy atom. The van der Waals surface area contributed by atoms with E-state index in [1.54, 1.807) is 16.7 Å². The molecule has 0 N–H and O–H groups in total. The maximum atomic E-state index is 13.2. The topological polar surface area (TPSA) is 46.6 Å². The molecule has 1 aliphatic heterocycles. The minimum atomic E-state index is -0.495. The lowest BCUT2D eigenvalue weighted by atomic mass is 10.0. The molecule has 150 valence electrons. The quantitative estimate of drug-likeness (QED) is 0.443. The Morgan fingerprint density at radius 2 is 1.85 bits per heavy atom. The fourth-order valence-corrected chi connectivity index (χ4v) is 4.79. The largest absolute Gasteiger partial charge is 0.464 e. The van der Waals surface area contributed by atoms with Gasteiger partial charge in [-0.05, 0) is 42.9 Å². The Hall–Kier alpha value is -1.49. The predicted molar refractivity (Wildman–Crippen MR) is 112 cm³/mol. The molecule has 0 aromatic heterocycles. The number of unbranched alkanes of at least 4 members (excludes halogenated alkanes) is 2. The number of benzene rings is 1. The molecule has 1 aromatic carbocycles. The molecule has 0 radical (unpaired) electrons. The van der Waals surface area contributed by atoms with Crippen LogP contribution < -0.4 is 0 Å². The molecule has 1 aliphatic rings. The van der Waals surface area contributed by atoms with Crippen molar-refractivity contribution in [1.82, 2.24) is 4.90 Å². The van der Waals surface area contributed by atoms with Crippen LogP contribution in [0.2, 0.25) is 0 Å². The Bertz CT molecular complexity index is 614. The van der Waals surface area contributed by atoms with Crippen molar-refractivity contribution in [1.29, 1.82) is 0 Å². The van der Waals surface area contributed by atoms with E-state index < -0.39 is 6.04 Å². The van der Waals surface area contributed by atoms with Crippen molar-refractivity contribution in [3.05, 3.63) is 35.4 Å². The SMILES string of the molecule is CCCCCc1ccc(C(=O)N2[C@@H](C(C)C)SC[C@H]2C(=O)OCCC)cc1. The van der Waals surface area contributed by atoms with E-state index in [0.717, 1.165) is 12.8 Å². The van der Waals surface area contributed by atoms with Crippen LogP contribution in [0.25, 0.3) is 0 Å². The Labute approximate surface area is 168 Å². The summed E-state index contributed by atoms with van der Waals surface area (Å²) in [5.74, 6) is 0.525. The molecule has 2 atom stereocenters.